The van der Waals surface area contributed by atoms with E-state index in [2.05, 4.69) is 5.32 Å². The van der Waals surface area contributed by atoms with Crippen molar-refractivity contribution in [1.82, 2.24) is 9.62 Å². The highest BCUT2D eigenvalue weighted by Crippen LogP contribution is 2.28. The van der Waals surface area contributed by atoms with E-state index in [-0.39, 0.29) is 17.4 Å². The lowest BCUT2D eigenvalue weighted by Crippen LogP contribution is -2.44. The minimum absolute atomic E-state index is 0. The number of benzene rings is 1. The van der Waals surface area contributed by atoms with Crippen LogP contribution in [0.5, 0.6) is 0 Å². The summed E-state index contributed by atoms with van der Waals surface area (Å²) in [7, 11) is -2.01. The van der Waals surface area contributed by atoms with Crippen LogP contribution in [0.4, 0.5) is 4.39 Å². The average molecular weight is 343 g/mol. The van der Waals surface area contributed by atoms with Gasteiger partial charge < -0.3 is 5.32 Å². The van der Waals surface area contributed by atoms with Crippen molar-refractivity contribution in [3.63, 3.8) is 0 Å². The first-order chi connectivity index (χ1) is 8.96. The zero-order valence-corrected chi connectivity index (χ0v) is 13.4. The highest BCUT2D eigenvalue weighted by molar-refractivity contribution is 7.89. The molecule has 1 aromatic carbocycles. The van der Waals surface area contributed by atoms with Gasteiger partial charge in [-0.3, -0.25) is 0 Å². The molecular weight excluding hydrogens is 326 g/mol. The number of nitrogens with zero attached hydrogens (tertiary/aromatic N) is 1. The zero-order chi connectivity index (χ0) is 14.0. The highest BCUT2D eigenvalue weighted by atomic mass is 35.5. The molecular formula is C12H17Cl2FN2O2S. The molecule has 4 nitrogen and oxygen atoms in total. The Morgan fingerprint density at radius 2 is 1.95 bits per heavy atom. The quantitative estimate of drug-likeness (QED) is 0.916. The molecule has 0 radical (unpaired) electrons. The lowest BCUT2D eigenvalue weighted by atomic mass is 10.1. The molecule has 0 atom stereocenters. The highest BCUT2D eigenvalue weighted by Gasteiger charge is 2.32. The van der Waals surface area contributed by atoms with Crippen LogP contribution < -0.4 is 5.32 Å². The first-order valence-electron chi connectivity index (χ1n) is 6.08. The molecule has 0 amide bonds. The summed E-state index contributed by atoms with van der Waals surface area (Å²) in [5.74, 6) is -0.803. The minimum atomic E-state index is -3.86. The van der Waals surface area contributed by atoms with E-state index in [1.165, 1.54) is 16.4 Å². The van der Waals surface area contributed by atoms with Gasteiger partial charge in [0.05, 0.1) is 5.02 Å². The second-order valence-electron chi connectivity index (χ2n) is 4.52. The van der Waals surface area contributed by atoms with Gasteiger partial charge in [0.15, 0.2) is 0 Å². The lowest BCUT2D eigenvalue weighted by molar-refractivity contribution is 0.297. The lowest BCUT2D eigenvalue weighted by Gasteiger charge is -2.31. The molecule has 0 aromatic heterocycles. The van der Waals surface area contributed by atoms with Gasteiger partial charge in [0.1, 0.15) is 10.7 Å². The Morgan fingerprint density at radius 1 is 1.35 bits per heavy atom. The fourth-order valence-electron chi connectivity index (χ4n) is 2.24. The van der Waals surface area contributed by atoms with Crippen LogP contribution in [0.2, 0.25) is 5.02 Å². The molecule has 1 aromatic rings. The normalized spacial score (nSPS) is 17.8. The summed E-state index contributed by atoms with van der Waals surface area (Å²) < 4.78 is 39.8. The Labute approximate surface area is 129 Å². The Hall–Kier alpha value is -0.400. The number of nitrogens with one attached hydrogen (secondary N) is 1. The molecule has 0 unspecified atom stereocenters. The van der Waals surface area contributed by atoms with Crippen molar-refractivity contribution in [3.05, 3.63) is 29.0 Å². The van der Waals surface area contributed by atoms with E-state index < -0.39 is 20.7 Å². The smallest absolute Gasteiger partial charge is 0.247 e. The van der Waals surface area contributed by atoms with E-state index in [1.54, 1.807) is 0 Å². The largest absolute Gasteiger partial charge is 0.317 e. The van der Waals surface area contributed by atoms with Crippen molar-refractivity contribution in [1.29, 1.82) is 0 Å². The van der Waals surface area contributed by atoms with Crippen molar-refractivity contribution in [3.8, 4) is 0 Å². The number of sulfonamides is 1. The van der Waals surface area contributed by atoms with Crippen molar-refractivity contribution >= 4 is 34.0 Å². The third kappa shape index (κ3) is 3.43. The van der Waals surface area contributed by atoms with Gasteiger partial charge in [-0.2, -0.15) is 4.31 Å². The van der Waals surface area contributed by atoms with Crippen molar-refractivity contribution in [2.45, 2.75) is 23.8 Å². The third-order valence-corrected chi connectivity index (χ3v) is 5.78. The van der Waals surface area contributed by atoms with Gasteiger partial charge in [0.25, 0.3) is 0 Å². The topological polar surface area (TPSA) is 49.4 Å². The van der Waals surface area contributed by atoms with E-state index in [1.807, 2.05) is 7.05 Å². The predicted molar refractivity (Wildman–Crippen MR) is 79.5 cm³/mol. The minimum Gasteiger partial charge on any atom is -0.317 e. The average Bonchev–Trinajstić information content (AvgIpc) is 2.38. The summed E-state index contributed by atoms with van der Waals surface area (Å²) in [5.41, 5.74) is 0. The van der Waals surface area contributed by atoms with Crippen LogP contribution in [-0.4, -0.2) is 38.9 Å². The number of hydrogen-bond donors (Lipinski definition) is 1. The fourth-order valence-corrected chi connectivity index (χ4v) is 4.28. The van der Waals surface area contributed by atoms with E-state index in [0.717, 1.165) is 6.07 Å². The van der Waals surface area contributed by atoms with Gasteiger partial charge in [0.2, 0.25) is 10.0 Å². The summed E-state index contributed by atoms with van der Waals surface area (Å²) >= 11 is 5.83. The van der Waals surface area contributed by atoms with Crippen molar-refractivity contribution < 1.29 is 12.8 Å². The van der Waals surface area contributed by atoms with Crippen LogP contribution in [0, 0.1) is 5.82 Å². The number of halogens is 3. The second kappa shape index (κ2) is 7.04. The van der Waals surface area contributed by atoms with Crippen molar-refractivity contribution in [2.75, 3.05) is 20.1 Å². The van der Waals surface area contributed by atoms with Gasteiger partial charge in [-0.15, -0.1) is 12.4 Å². The first-order valence-corrected chi connectivity index (χ1v) is 7.90. The Bertz CT molecular complexity index is 540. The monoisotopic (exact) mass is 342 g/mol. The predicted octanol–water partition coefficient (Wildman–Crippen LogP) is 2.27. The zero-order valence-electron chi connectivity index (χ0n) is 11.0. The molecule has 0 spiro atoms. The maximum absolute atomic E-state index is 13.7. The summed E-state index contributed by atoms with van der Waals surface area (Å²) in [4.78, 5) is -0.417. The van der Waals surface area contributed by atoms with Gasteiger partial charge in [-0.25, -0.2) is 12.8 Å². The molecule has 2 rings (SSSR count). The molecule has 1 fully saturated rings. The first kappa shape index (κ1) is 17.7. The van der Waals surface area contributed by atoms with Crippen LogP contribution in [0.25, 0.3) is 0 Å². The molecule has 1 aliphatic rings. The van der Waals surface area contributed by atoms with Gasteiger partial charge in [-0.05, 0) is 32.0 Å². The van der Waals surface area contributed by atoms with Crippen LogP contribution in [0.3, 0.4) is 0 Å². The summed E-state index contributed by atoms with van der Waals surface area (Å²) in [6, 6.07) is 4.20. The molecule has 0 bridgehead atoms. The van der Waals surface area contributed by atoms with Gasteiger partial charge in [0, 0.05) is 19.1 Å². The van der Waals surface area contributed by atoms with Crippen LogP contribution in [0.1, 0.15) is 12.8 Å². The van der Waals surface area contributed by atoms with E-state index in [0.29, 0.717) is 32.0 Å². The molecule has 1 saturated heterocycles. The maximum atomic E-state index is 13.7. The molecule has 20 heavy (non-hydrogen) atoms. The van der Waals surface area contributed by atoms with Crippen LogP contribution in [0.15, 0.2) is 23.1 Å². The van der Waals surface area contributed by atoms with Gasteiger partial charge >= 0.3 is 0 Å². The summed E-state index contributed by atoms with van der Waals surface area (Å²) in [6.45, 7) is 0.747. The van der Waals surface area contributed by atoms with E-state index in [9.17, 15) is 12.8 Å². The third-order valence-electron chi connectivity index (χ3n) is 3.38. The van der Waals surface area contributed by atoms with Crippen LogP contribution >= 0.6 is 24.0 Å². The Balaban J connectivity index is 0.00000200. The van der Waals surface area contributed by atoms with E-state index in [4.69, 9.17) is 11.6 Å². The fraction of sp³-hybridized carbons (Fsp3) is 0.500. The molecule has 0 saturated carbocycles. The van der Waals surface area contributed by atoms with Gasteiger partial charge in [-0.1, -0.05) is 17.7 Å². The van der Waals surface area contributed by atoms with Crippen LogP contribution in [-0.2, 0) is 10.0 Å². The Kier molecular flexibility index (Phi) is 6.22. The molecule has 114 valence electrons. The molecule has 1 heterocycles. The standard InChI is InChI=1S/C12H16ClFN2O2S.ClH/c1-15-9-5-7-16(8-6-9)19(17,18)12-10(13)3-2-4-11(12)14;/h2-4,9,15H,5-8H2,1H3;1H. The molecule has 0 aliphatic carbocycles. The Morgan fingerprint density at radius 3 is 2.45 bits per heavy atom. The maximum Gasteiger partial charge on any atom is 0.247 e. The van der Waals surface area contributed by atoms with E-state index >= 15 is 0 Å². The summed E-state index contributed by atoms with van der Waals surface area (Å²) in [6.07, 6.45) is 1.42. The second-order valence-corrected chi connectivity index (χ2v) is 6.80. The van der Waals surface area contributed by atoms with Crippen molar-refractivity contribution in [2.24, 2.45) is 0 Å². The summed E-state index contributed by atoms with van der Waals surface area (Å²) in [5, 5.41) is 3.04. The number of hydrogen-bond acceptors (Lipinski definition) is 3. The molecule has 1 aliphatic heterocycles. The number of rotatable bonds is 3. The number of piperidine rings is 1. The SMILES string of the molecule is CNC1CCN(S(=O)(=O)c2c(F)cccc2Cl)CC1.Cl. The molecule has 1 N–H and O–H groups in total. The molecule has 8 heteroatoms.